The average Bonchev–Trinajstić information content (AvgIpc) is 3.06. The van der Waals surface area contributed by atoms with Crippen LogP contribution in [0.5, 0.6) is 0 Å². The van der Waals surface area contributed by atoms with Gasteiger partial charge in [-0.2, -0.15) is 0 Å². The summed E-state index contributed by atoms with van der Waals surface area (Å²) in [6.45, 7) is 25.7. The van der Waals surface area contributed by atoms with Crippen molar-refractivity contribution in [1.82, 2.24) is 9.80 Å². The molecule has 48 heavy (non-hydrogen) atoms. The van der Waals surface area contributed by atoms with E-state index in [2.05, 4.69) is 101 Å². The first-order valence-corrected chi connectivity index (χ1v) is 25.6. The summed E-state index contributed by atoms with van der Waals surface area (Å²) in [5.74, 6) is 0.663. The van der Waals surface area contributed by atoms with Gasteiger partial charge in [0.05, 0.1) is 12.1 Å². The molecule has 0 bridgehead atoms. The van der Waals surface area contributed by atoms with E-state index in [1.807, 2.05) is 36.4 Å². The molecule has 0 N–H and O–H groups in total. The smallest absolute Gasteiger partial charge is 0.321 e. The molecule has 4 atom stereocenters. The highest BCUT2D eigenvalue weighted by Gasteiger charge is 2.49. The van der Waals surface area contributed by atoms with E-state index < -0.39 is 28.4 Å². The Balaban J connectivity index is 2.10. The number of benzene rings is 2. The van der Waals surface area contributed by atoms with Crippen molar-refractivity contribution >= 4 is 22.2 Å². The van der Waals surface area contributed by atoms with Crippen LogP contribution in [0.1, 0.15) is 51.7 Å². The Morgan fingerprint density at radius 3 is 1.27 bits per heavy atom. The average molecular weight is 699 g/mol. The maximum absolute atomic E-state index is 15.1. The maximum Gasteiger partial charge on any atom is 0.321 e. The number of carbonyl (C=O) groups is 1. The summed E-state index contributed by atoms with van der Waals surface area (Å²) in [6.07, 6.45) is 0.749. The quantitative estimate of drug-likeness (QED) is 0.0784. The number of ether oxygens (including phenoxy) is 4. The van der Waals surface area contributed by atoms with Crippen molar-refractivity contribution in [3.05, 3.63) is 71.8 Å². The van der Waals surface area contributed by atoms with Crippen molar-refractivity contribution in [3.8, 4) is 0 Å². The van der Waals surface area contributed by atoms with E-state index in [1.54, 1.807) is 0 Å². The van der Waals surface area contributed by atoms with Gasteiger partial charge in [0, 0.05) is 42.5 Å². The summed E-state index contributed by atoms with van der Waals surface area (Å²) < 4.78 is 26.0. The summed E-state index contributed by atoms with van der Waals surface area (Å²) in [5, 5.41) is 0. The van der Waals surface area contributed by atoms with Gasteiger partial charge in [-0.1, -0.05) is 128 Å². The zero-order chi connectivity index (χ0) is 35.3. The number of rotatable bonds is 20. The molecule has 2 aromatic rings. The van der Waals surface area contributed by atoms with Crippen LogP contribution in [0.15, 0.2) is 60.7 Å². The second-order valence-electron chi connectivity index (χ2n) is 16.8. The minimum absolute atomic E-state index is 0.0259. The van der Waals surface area contributed by atoms with Gasteiger partial charge in [-0.3, -0.25) is 0 Å². The Labute approximate surface area is 294 Å². The van der Waals surface area contributed by atoms with Crippen LogP contribution in [0, 0.1) is 11.8 Å². The molecule has 270 valence electrons. The predicted octanol–water partition coefficient (Wildman–Crippen LogP) is 9.35. The van der Waals surface area contributed by atoms with Crippen molar-refractivity contribution in [2.75, 3.05) is 26.8 Å². The molecule has 1 heterocycles. The van der Waals surface area contributed by atoms with Crippen molar-refractivity contribution < 1.29 is 23.7 Å². The number of carbonyl (C=O) groups excluding carboxylic acids is 1. The topological polar surface area (TPSA) is 60.5 Å². The fourth-order valence-electron chi connectivity index (χ4n) is 6.20. The van der Waals surface area contributed by atoms with Gasteiger partial charge in [-0.25, -0.2) is 4.79 Å². The molecule has 9 heteroatoms. The van der Waals surface area contributed by atoms with Crippen LogP contribution in [0.3, 0.4) is 0 Å². The van der Waals surface area contributed by atoms with Crippen LogP contribution in [0.2, 0.25) is 51.4 Å². The molecule has 0 spiro atoms. The lowest BCUT2D eigenvalue weighted by Crippen LogP contribution is -2.52. The Hall–Kier alpha value is -2.02. The molecule has 1 fully saturated rings. The highest BCUT2D eigenvalue weighted by Crippen LogP contribution is 2.35. The van der Waals surface area contributed by atoms with Gasteiger partial charge in [-0.15, -0.1) is 0 Å². The largest absolute Gasteiger partial charge is 0.356 e. The normalized spacial score (nSPS) is 21.0. The van der Waals surface area contributed by atoms with Gasteiger partial charge in [0.1, 0.15) is 25.8 Å². The van der Waals surface area contributed by atoms with Crippen molar-refractivity contribution in [1.29, 1.82) is 0 Å². The molecule has 3 rings (SSSR count). The van der Waals surface area contributed by atoms with Crippen LogP contribution in [0.4, 0.5) is 4.79 Å². The number of hydrogen-bond donors (Lipinski definition) is 0. The Morgan fingerprint density at radius 2 is 0.958 bits per heavy atom. The lowest BCUT2D eigenvalue weighted by atomic mass is 9.89. The van der Waals surface area contributed by atoms with Gasteiger partial charge >= 0.3 is 6.03 Å². The highest BCUT2D eigenvalue weighted by molar-refractivity contribution is 6.76. The minimum Gasteiger partial charge on any atom is -0.356 e. The molecule has 0 aromatic heterocycles. The molecule has 1 aliphatic heterocycles. The predicted molar refractivity (Wildman–Crippen MR) is 204 cm³/mol. The Bertz CT molecular complexity index is 1090. The van der Waals surface area contributed by atoms with Crippen LogP contribution in [-0.4, -0.2) is 83.1 Å². The first kappa shape index (κ1) is 40.4. The molecule has 1 aliphatic rings. The second-order valence-corrected chi connectivity index (χ2v) is 28.1. The van der Waals surface area contributed by atoms with Gasteiger partial charge in [0.25, 0.3) is 0 Å². The third kappa shape index (κ3) is 14.1. The molecular weight excluding hydrogens is 633 g/mol. The first-order chi connectivity index (χ1) is 22.6. The fraction of sp³-hybridized carbons (Fsp3) is 0.667. The van der Waals surface area contributed by atoms with E-state index in [0.717, 1.165) is 36.1 Å². The molecule has 0 saturated carbocycles. The van der Waals surface area contributed by atoms with Crippen molar-refractivity contribution in [2.24, 2.45) is 11.8 Å². The lowest BCUT2D eigenvalue weighted by Gasteiger charge is -2.39. The van der Waals surface area contributed by atoms with Gasteiger partial charge < -0.3 is 28.7 Å². The number of urea groups is 1. The minimum atomic E-state index is -1.26. The van der Waals surface area contributed by atoms with Crippen LogP contribution in [-0.2, 0) is 32.0 Å². The third-order valence-electron chi connectivity index (χ3n) is 8.87. The van der Waals surface area contributed by atoms with Crippen LogP contribution in [0.25, 0.3) is 0 Å². The van der Waals surface area contributed by atoms with E-state index in [4.69, 9.17) is 18.9 Å². The van der Waals surface area contributed by atoms with E-state index in [1.165, 1.54) is 0 Å². The monoisotopic (exact) mass is 698 g/mol. The zero-order valence-corrected chi connectivity index (χ0v) is 33.7. The first-order valence-electron chi connectivity index (χ1n) is 18.2. The highest BCUT2D eigenvalue weighted by atomic mass is 28.3. The number of amides is 2. The SMILES string of the molecule is CC(C)C[C@@H]1[C@H](OCOCC[Si](C)(C)C)[C@@H](OCOCC[Si](C)(C)C)[C@@H](CC(C)C)N(Cc2ccccc2)C(=O)N1Cc1ccccc1. The van der Waals surface area contributed by atoms with E-state index in [9.17, 15) is 0 Å². The Morgan fingerprint density at radius 1 is 0.604 bits per heavy atom. The summed E-state index contributed by atoms with van der Waals surface area (Å²) in [7, 11) is -2.52. The second kappa shape index (κ2) is 19.4. The van der Waals surface area contributed by atoms with Gasteiger partial charge in [-0.05, 0) is 47.9 Å². The molecule has 0 aliphatic carbocycles. The molecule has 2 amide bonds. The molecular formula is C39H66N2O5Si2. The van der Waals surface area contributed by atoms with Crippen LogP contribution < -0.4 is 0 Å². The third-order valence-corrected chi connectivity index (χ3v) is 12.3. The molecule has 2 aromatic carbocycles. The standard InChI is InChI=1S/C39H66N2O5Si2/c1-31(2)25-35-37(45-29-43-21-23-47(5,6)7)38(46-30-44-22-24-48(8,9)10)36(26-32(3)4)41(28-34-19-15-12-16-20-34)39(42)40(35)27-33-17-13-11-14-18-33/h11-20,31-32,35-38H,21-30H2,1-10H3/t35-,36-,37+,38+/m1/s1. The summed E-state index contributed by atoms with van der Waals surface area (Å²) >= 11 is 0. The Kier molecular flexibility index (Phi) is 16.3. The number of hydrogen-bond acceptors (Lipinski definition) is 5. The summed E-state index contributed by atoms with van der Waals surface area (Å²) in [4.78, 5) is 19.2. The molecule has 0 radical (unpaired) electrons. The van der Waals surface area contributed by atoms with Crippen molar-refractivity contribution in [2.45, 2.75) is 129 Å². The van der Waals surface area contributed by atoms with Crippen molar-refractivity contribution in [3.63, 3.8) is 0 Å². The molecule has 0 unspecified atom stereocenters. The van der Waals surface area contributed by atoms with Gasteiger partial charge in [0.2, 0.25) is 0 Å². The van der Waals surface area contributed by atoms with Gasteiger partial charge in [0.15, 0.2) is 0 Å². The number of nitrogens with zero attached hydrogens (tertiary/aromatic N) is 2. The maximum atomic E-state index is 15.1. The zero-order valence-electron chi connectivity index (χ0n) is 31.7. The summed E-state index contributed by atoms with van der Waals surface area (Å²) in [5.41, 5.74) is 2.19. The fourth-order valence-corrected chi connectivity index (χ4v) is 7.71. The van der Waals surface area contributed by atoms with E-state index in [-0.39, 0.29) is 31.7 Å². The lowest BCUT2D eigenvalue weighted by molar-refractivity contribution is -0.190. The van der Waals surface area contributed by atoms with E-state index >= 15 is 4.79 Å². The molecule has 1 saturated heterocycles. The van der Waals surface area contributed by atoms with E-state index in [0.29, 0.717) is 38.1 Å². The summed E-state index contributed by atoms with van der Waals surface area (Å²) in [6, 6.07) is 22.4. The van der Waals surface area contributed by atoms with Crippen LogP contribution >= 0.6 is 0 Å². The molecule has 7 nitrogen and oxygen atoms in total.